The van der Waals surface area contributed by atoms with Crippen LogP contribution in [0.15, 0.2) is 24.3 Å². The number of hydrogen-bond donors (Lipinski definition) is 2. The lowest BCUT2D eigenvalue weighted by Gasteiger charge is -2.22. The van der Waals surface area contributed by atoms with E-state index in [4.69, 9.17) is 4.74 Å². The van der Waals surface area contributed by atoms with Gasteiger partial charge < -0.3 is 15.4 Å². The van der Waals surface area contributed by atoms with Gasteiger partial charge in [0.15, 0.2) is 0 Å². The van der Waals surface area contributed by atoms with Crippen LogP contribution in [0.5, 0.6) is 0 Å². The molecule has 0 heterocycles. The summed E-state index contributed by atoms with van der Waals surface area (Å²) in [6, 6.07) is 7.81. The molecule has 0 spiro atoms. The lowest BCUT2D eigenvalue weighted by atomic mass is 10.1. The molecule has 1 aromatic carbocycles. The minimum atomic E-state index is -1.37. The number of carbonyl (C=O) groups is 2. The van der Waals surface area contributed by atoms with Crippen LogP contribution in [0, 0.1) is 11.5 Å². The number of nitrogens with one attached hydrogen (secondary N) is 2. The molecule has 0 aliphatic heterocycles. The van der Waals surface area contributed by atoms with Gasteiger partial charge in [-0.2, -0.15) is 0 Å². The highest BCUT2D eigenvalue weighted by molar-refractivity contribution is 6.83. The zero-order valence-corrected chi connectivity index (χ0v) is 20.6. The smallest absolute Gasteiger partial charge is 0.408 e. The Hall–Kier alpha value is -2.26. The predicted molar refractivity (Wildman–Crippen MR) is 126 cm³/mol. The highest BCUT2D eigenvalue weighted by atomic mass is 28.3. The second-order valence-electron chi connectivity index (χ2n) is 9.56. The third-order valence-electron chi connectivity index (χ3n) is 4.12. The molecule has 0 radical (unpaired) electrons. The standard InChI is InChI=1S/C24H38N2O3Si/c1-8-21(26-23(28)29-24(2,3)4)22(27)25-16-10-9-12-19-13-11-14-20(18-19)15-17-30(5,6)7/h11,13-14,18,21H,8-10,12,16H2,1-7H3,(H,25,27)(H,26,28). The van der Waals surface area contributed by atoms with Crippen LogP contribution in [0.1, 0.15) is 58.1 Å². The Labute approximate surface area is 183 Å². The molecule has 0 bridgehead atoms. The summed E-state index contributed by atoms with van der Waals surface area (Å²) in [6.45, 7) is 14.5. The zero-order valence-electron chi connectivity index (χ0n) is 19.6. The molecular formula is C24H38N2O3Si. The molecule has 30 heavy (non-hydrogen) atoms. The van der Waals surface area contributed by atoms with Gasteiger partial charge >= 0.3 is 6.09 Å². The number of amides is 2. The van der Waals surface area contributed by atoms with Crippen molar-refractivity contribution in [3.8, 4) is 11.5 Å². The molecule has 1 atom stereocenters. The minimum absolute atomic E-state index is 0.174. The number of unbranched alkanes of at least 4 members (excludes halogenated alkanes) is 1. The number of carbonyl (C=O) groups excluding carboxylic acids is 2. The van der Waals surface area contributed by atoms with Crippen LogP contribution in [0.3, 0.4) is 0 Å². The molecule has 0 aliphatic rings. The van der Waals surface area contributed by atoms with E-state index in [1.54, 1.807) is 20.8 Å². The fraction of sp³-hybridized carbons (Fsp3) is 0.583. The summed E-state index contributed by atoms with van der Waals surface area (Å²) in [5, 5.41) is 5.54. The van der Waals surface area contributed by atoms with E-state index in [0.717, 1.165) is 24.8 Å². The Balaban J connectivity index is 2.40. The zero-order chi connectivity index (χ0) is 22.8. The van der Waals surface area contributed by atoms with Crippen molar-refractivity contribution in [1.82, 2.24) is 10.6 Å². The van der Waals surface area contributed by atoms with Gasteiger partial charge in [0.05, 0.1) is 0 Å². The molecule has 0 saturated carbocycles. The van der Waals surface area contributed by atoms with Crippen molar-refractivity contribution < 1.29 is 14.3 Å². The van der Waals surface area contributed by atoms with E-state index in [-0.39, 0.29) is 5.91 Å². The summed E-state index contributed by atoms with van der Waals surface area (Å²) in [5.74, 6) is 3.13. The van der Waals surface area contributed by atoms with Gasteiger partial charge in [-0.3, -0.25) is 4.79 Å². The largest absolute Gasteiger partial charge is 0.444 e. The number of rotatable bonds is 8. The van der Waals surface area contributed by atoms with E-state index in [2.05, 4.69) is 66.0 Å². The van der Waals surface area contributed by atoms with Crippen molar-refractivity contribution in [2.75, 3.05) is 6.54 Å². The molecule has 5 nitrogen and oxygen atoms in total. The van der Waals surface area contributed by atoms with E-state index >= 15 is 0 Å². The van der Waals surface area contributed by atoms with E-state index in [1.807, 2.05) is 6.92 Å². The van der Waals surface area contributed by atoms with Gasteiger partial charge in [0, 0.05) is 12.1 Å². The summed E-state index contributed by atoms with van der Waals surface area (Å²) in [4.78, 5) is 24.2. The quantitative estimate of drug-likeness (QED) is 0.358. The van der Waals surface area contributed by atoms with E-state index in [9.17, 15) is 9.59 Å². The van der Waals surface area contributed by atoms with Crippen molar-refractivity contribution in [1.29, 1.82) is 0 Å². The van der Waals surface area contributed by atoms with Crippen molar-refractivity contribution in [2.45, 2.75) is 84.7 Å². The molecule has 1 rings (SSSR count). The average molecular weight is 431 g/mol. The molecule has 2 amide bonds. The minimum Gasteiger partial charge on any atom is -0.444 e. The summed E-state index contributed by atoms with van der Waals surface area (Å²) < 4.78 is 5.22. The Morgan fingerprint density at radius 2 is 1.87 bits per heavy atom. The molecule has 1 unspecified atom stereocenters. The van der Waals surface area contributed by atoms with E-state index < -0.39 is 25.8 Å². The predicted octanol–water partition coefficient (Wildman–Crippen LogP) is 4.66. The fourth-order valence-electron chi connectivity index (χ4n) is 2.66. The monoisotopic (exact) mass is 430 g/mol. The first-order chi connectivity index (χ1) is 13.9. The van der Waals surface area contributed by atoms with E-state index in [1.165, 1.54) is 5.56 Å². The highest BCUT2D eigenvalue weighted by Crippen LogP contribution is 2.09. The fourth-order valence-corrected chi connectivity index (χ4v) is 3.18. The van der Waals surface area contributed by atoms with Gasteiger partial charge in [-0.25, -0.2) is 4.79 Å². The van der Waals surface area contributed by atoms with Gasteiger partial charge in [-0.1, -0.05) is 44.6 Å². The number of benzene rings is 1. The van der Waals surface area contributed by atoms with Crippen LogP contribution in [0.4, 0.5) is 4.79 Å². The number of aryl methyl sites for hydroxylation is 1. The molecular weight excluding hydrogens is 392 g/mol. The number of hydrogen-bond acceptors (Lipinski definition) is 3. The molecule has 2 N–H and O–H groups in total. The molecule has 0 saturated heterocycles. The maximum atomic E-state index is 12.3. The summed E-state index contributed by atoms with van der Waals surface area (Å²) in [7, 11) is -1.37. The van der Waals surface area contributed by atoms with Gasteiger partial charge in [-0.05, 0) is 64.2 Å². The Kier molecular flexibility index (Phi) is 10.1. The van der Waals surface area contributed by atoms with Crippen LogP contribution in [-0.4, -0.2) is 38.3 Å². The average Bonchev–Trinajstić information content (AvgIpc) is 2.62. The van der Waals surface area contributed by atoms with Gasteiger partial charge in [-0.15, -0.1) is 5.54 Å². The summed E-state index contributed by atoms with van der Waals surface area (Å²) >= 11 is 0. The first-order valence-corrected chi connectivity index (χ1v) is 14.3. The lowest BCUT2D eigenvalue weighted by Crippen LogP contribution is -2.48. The van der Waals surface area contributed by atoms with Crippen LogP contribution < -0.4 is 10.6 Å². The Morgan fingerprint density at radius 1 is 1.17 bits per heavy atom. The van der Waals surface area contributed by atoms with Crippen molar-refractivity contribution in [3.63, 3.8) is 0 Å². The second kappa shape index (κ2) is 11.8. The third-order valence-corrected chi connectivity index (χ3v) is 4.99. The van der Waals surface area contributed by atoms with Gasteiger partial charge in [0.25, 0.3) is 0 Å². The van der Waals surface area contributed by atoms with Crippen LogP contribution in [-0.2, 0) is 16.0 Å². The number of alkyl carbamates (subject to hydrolysis) is 1. The topological polar surface area (TPSA) is 67.4 Å². The molecule has 6 heteroatoms. The Bertz CT molecular complexity index is 767. The summed E-state index contributed by atoms with van der Waals surface area (Å²) in [5.41, 5.74) is 5.15. The van der Waals surface area contributed by atoms with E-state index in [0.29, 0.717) is 13.0 Å². The first kappa shape index (κ1) is 25.8. The molecule has 0 aliphatic carbocycles. The van der Waals surface area contributed by atoms with Crippen molar-refractivity contribution in [2.24, 2.45) is 0 Å². The summed E-state index contributed by atoms with van der Waals surface area (Å²) in [6.07, 6.45) is 2.74. The van der Waals surface area contributed by atoms with Gasteiger partial charge in [0.1, 0.15) is 19.7 Å². The third kappa shape index (κ3) is 11.7. The molecule has 166 valence electrons. The molecule has 0 aromatic heterocycles. The number of ether oxygens (including phenoxy) is 1. The second-order valence-corrected chi connectivity index (χ2v) is 14.3. The van der Waals surface area contributed by atoms with Gasteiger partial charge in [0.2, 0.25) is 5.91 Å². The first-order valence-electron chi connectivity index (χ1n) is 10.8. The highest BCUT2D eigenvalue weighted by Gasteiger charge is 2.22. The maximum absolute atomic E-state index is 12.3. The van der Waals surface area contributed by atoms with Crippen LogP contribution in [0.2, 0.25) is 19.6 Å². The SMILES string of the molecule is CCC(NC(=O)OC(C)(C)C)C(=O)NCCCCc1cccc(C#C[Si](C)(C)C)c1. The van der Waals surface area contributed by atoms with Crippen LogP contribution in [0.25, 0.3) is 0 Å². The molecule has 0 fully saturated rings. The van der Waals surface area contributed by atoms with Crippen molar-refractivity contribution in [3.05, 3.63) is 35.4 Å². The Morgan fingerprint density at radius 3 is 2.47 bits per heavy atom. The van der Waals surface area contributed by atoms with Crippen LogP contribution >= 0.6 is 0 Å². The lowest BCUT2D eigenvalue weighted by molar-refractivity contribution is -0.123. The maximum Gasteiger partial charge on any atom is 0.408 e. The van der Waals surface area contributed by atoms with Crippen molar-refractivity contribution >= 4 is 20.1 Å². The normalized spacial score (nSPS) is 12.4. The molecule has 1 aromatic rings.